The van der Waals surface area contributed by atoms with E-state index in [1.54, 1.807) is 6.20 Å². The molecule has 1 unspecified atom stereocenters. The number of benzene rings is 1. The van der Waals surface area contributed by atoms with E-state index in [2.05, 4.69) is 27.6 Å². The van der Waals surface area contributed by atoms with Crippen LogP contribution in [0.15, 0.2) is 48.7 Å². The maximum atomic E-state index is 5.76. The van der Waals surface area contributed by atoms with Crippen LogP contribution in [0.5, 0.6) is 0 Å². The minimum Gasteiger partial charge on any atom is -0.364 e. The van der Waals surface area contributed by atoms with Crippen LogP contribution in [-0.4, -0.2) is 22.8 Å². The molecule has 1 atom stereocenters. The molecule has 0 aliphatic heterocycles. The van der Waals surface area contributed by atoms with Gasteiger partial charge in [-0.1, -0.05) is 30.3 Å². The SMILES string of the molecule is NCC(Cc1ccccc1)Nc1cccnn1. The van der Waals surface area contributed by atoms with Crippen LogP contribution in [0.25, 0.3) is 0 Å². The van der Waals surface area contributed by atoms with E-state index in [-0.39, 0.29) is 6.04 Å². The van der Waals surface area contributed by atoms with Gasteiger partial charge in [0.1, 0.15) is 5.82 Å². The van der Waals surface area contributed by atoms with E-state index < -0.39 is 0 Å². The molecule has 0 saturated carbocycles. The summed E-state index contributed by atoms with van der Waals surface area (Å²) in [6.07, 6.45) is 2.54. The standard InChI is InChI=1S/C13H16N4/c14-10-12(9-11-5-2-1-3-6-11)16-13-7-4-8-15-17-13/h1-8,12H,9-10,14H2,(H,16,17). The Morgan fingerprint density at radius 2 is 1.94 bits per heavy atom. The van der Waals surface area contributed by atoms with E-state index >= 15 is 0 Å². The number of hydrogen-bond donors (Lipinski definition) is 2. The molecule has 3 N–H and O–H groups in total. The quantitative estimate of drug-likeness (QED) is 0.813. The van der Waals surface area contributed by atoms with E-state index in [0.29, 0.717) is 6.54 Å². The van der Waals surface area contributed by atoms with Crippen LogP contribution in [-0.2, 0) is 6.42 Å². The molecule has 0 fully saturated rings. The zero-order chi connectivity index (χ0) is 11.9. The molecule has 0 saturated heterocycles. The molecule has 0 aliphatic carbocycles. The van der Waals surface area contributed by atoms with Gasteiger partial charge in [-0.25, -0.2) is 0 Å². The highest BCUT2D eigenvalue weighted by atomic mass is 15.2. The average molecular weight is 228 g/mol. The van der Waals surface area contributed by atoms with Crippen molar-refractivity contribution < 1.29 is 0 Å². The molecule has 2 rings (SSSR count). The number of nitrogens with one attached hydrogen (secondary N) is 1. The Bertz CT molecular complexity index is 388. The van der Waals surface area contributed by atoms with E-state index in [9.17, 15) is 0 Å². The minimum atomic E-state index is 0.175. The fourth-order valence-corrected chi connectivity index (χ4v) is 1.68. The van der Waals surface area contributed by atoms with Crippen LogP contribution in [0.4, 0.5) is 5.82 Å². The Morgan fingerprint density at radius 3 is 2.59 bits per heavy atom. The van der Waals surface area contributed by atoms with Crippen LogP contribution in [0, 0.1) is 0 Å². The van der Waals surface area contributed by atoms with Gasteiger partial charge in [0, 0.05) is 18.8 Å². The predicted octanol–water partition coefficient (Wildman–Crippen LogP) is 1.46. The van der Waals surface area contributed by atoms with Gasteiger partial charge in [0.25, 0.3) is 0 Å². The van der Waals surface area contributed by atoms with Crippen molar-refractivity contribution in [3.8, 4) is 0 Å². The smallest absolute Gasteiger partial charge is 0.148 e. The molecular formula is C13H16N4. The Balaban J connectivity index is 1.98. The normalized spacial score (nSPS) is 12.1. The molecule has 4 heteroatoms. The van der Waals surface area contributed by atoms with Crippen LogP contribution in [0.1, 0.15) is 5.56 Å². The molecule has 0 bridgehead atoms. The van der Waals surface area contributed by atoms with Gasteiger partial charge >= 0.3 is 0 Å². The fraction of sp³-hybridized carbons (Fsp3) is 0.231. The second kappa shape index (κ2) is 5.96. The van der Waals surface area contributed by atoms with Crippen LogP contribution in [0.2, 0.25) is 0 Å². The van der Waals surface area contributed by atoms with E-state index in [1.165, 1.54) is 5.56 Å². The monoisotopic (exact) mass is 228 g/mol. The largest absolute Gasteiger partial charge is 0.364 e. The highest BCUT2D eigenvalue weighted by molar-refractivity contribution is 5.34. The number of rotatable bonds is 5. The van der Waals surface area contributed by atoms with Gasteiger partial charge in [-0.05, 0) is 24.1 Å². The summed E-state index contributed by atoms with van der Waals surface area (Å²) in [5, 5.41) is 11.1. The summed E-state index contributed by atoms with van der Waals surface area (Å²) in [6, 6.07) is 14.2. The van der Waals surface area contributed by atoms with E-state index in [4.69, 9.17) is 5.73 Å². The van der Waals surface area contributed by atoms with Gasteiger partial charge in [-0.2, -0.15) is 5.10 Å². The van der Waals surface area contributed by atoms with Crippen molar-refractivity contribution in [2.24, 2.45) is 5.73 Å². The third kappa shape index (κ3) is 3.53. The van der Waals surface area contributed by atoms with Crippen molar-refractivity contribution in [3.63, 3.8) is 0 Å². The van der Waals surface area contributed by atoms with Crippen molar-refractivity contribution in [2.45, 2.75) is 12.5 Å². The molecule has 0 aliphatic rings. The molecule has 1 heterocycles. The topological polar surface area (TPSA) is 63.8 Å². The molecular weight excluding hydrogens is 212 g/mol. The van der Waals surface area contributed by atoms with Crippen molar-refractivity contribution >= 4 is 5.82 Å². The van der Waals surface area contributed by atoms with Crippen LogP contribution in [0.3, 0.4) is 0 Å². The summed E-state index contributed by atoms with van der Waals surface area (Å²) in [7, 11) is 0. The van der Waals surface area contributed by atoms with E-state index in [0.717, 1.165) is 12.2 Å². The third-order valence-corrected chi connectivity index (χ3v) is 2.53. The van der Waals surface area contributed by atoms with Crippen LogP contribution < -0.4 is 11.1 Å². The summed E-state index contributed by atoms with van der Waals surface area (Å²) in [6.45, 7) is 0.561. The molecule has 1 aromatic carbocycles. The third-order valence-electron chi connectivity index (χ3n) is 2.53. The lowest BCUT2D eigenvalue weighted by Gasteiger charge is -2.16. The summed E-state index contributed by atoms with van der Waals surface area (Å²) in [4.78, 5) is 0. The molecule has 1 aromatic heterocycles. The predicted molar refractivity (Wildman–Crippen MR) is 68.6 cm³/mol. The second-order valence-corrected chi connectivity index (χ2v) is 3.88. The number of anilines is 1. The Morgan fingerprint density at radius 1 is 1.12 bits per heavy atom. The second-order valence-electron chi connectivity index (χ2n) is 3.88. The van der Waals surface area contributed by atoms with Crippen molar-refractivity contribution in [3.05, 3.63) is 54.2 Å². The van der Waals surface area contributed by atoms with Crippen molar-refractivity contribution in [1.29, 1.82) is 0 Å². The number of hydrogen-bond acceptors (Lipinski definition) is 4. The molecule has 0 spiro atoms. The first-order valence-corrected chi connectivity index (χ1v) is 5.66. The van der Waals surface area contributed by atoms with Crippen molar-refractivity contribution in [1.82, 2.24) is 10.2 Å². The Hall–Kier alpha value is -1.94. The van der Waals surface area contributed by atoms with Gasteiger partial charge in [0.2, 0.25) is 0 Å². The van der Waals surface area contributed by atoms with Gasteiger partial charge in [0.15, 0.2) is 0 Å². The Labute approximate surface area is 101 Å². The highest BCUT2D eigenvalue weighted by Crippen LogP contribution is 2.07. The molecule has 17 heavy (non-hydrogen) atoms. The van der Waals surface area contributed by atoms with Gasteiger partial charge < -0.3 is 11.1 Å². The molecule has 88 valence electrons. The molecule has 0 amide bonds. The fourth-order valence-electron chi connectivity index (χ4n) is 1.68. The van der Waals surface area contributed by atoms with E-state index in [1.807, 2.05) is 30.3 Å². The lowest BCUT2D eigenvalue weighted by Crippen LogP contribution is -2.31. The highest BCUT2D eigenvalue weighted by Gasteiger charge is 2.07. The average Bonchev–Trinajstić information content (AvgIpc) is 2.40. The van der Waals surface area contributed by atoms with Gasteiger partial charge in [-0.15, -0.1) is 5.10 Å². The zero-order valence-corrected chi connectivity index (χ0v) is 9.58. The molecule has 2 aromatic rings. The maximum absolute atomic E-state index is 5.76. The summed E-state index contributed by atoms with van der Waals surface area (Å²) >= 11 is 0. The van der Waals surface area contributed by atoms with Gasteiger partial charge in [0.05, 0.1) is 0 Å². The number of aromatic nitrogens is 2. The number of nitrogens with zero attached hydrogens (tertiary/aromatic N) is 2. The van der Waals surface area contributed by atoms with Crippen molar-refractivity contribution in [2.75, 3.05) is 11.9 Å². The van der Waals surface area contributed by atoms with Crippen LogP contribution >= 0.6 is 0 Å². The zero-order valence-electron chi connectivity index (χ0n) is 9.58. The lowest BCUT2D eigenvalue weighted by molar-refractivity contribution is 0.717. The maximum Gasteiger partial charge on any atom is 0.148 e. The summed E-state index contributed by atoms with van der Waals surface area (Å²) in [5.74, 6) is 0.763. The van der Waals surface area contributed by atoms with Gasteiger partial charge in [-0.3, -0.25) is 0 Å². The minimum absolute atomic E-state index is 0.175. The molecule has 0 radical (unpaired) electrons. The first kappa shape index (κ1) is 11.5. The number of nitrogens with two attached hydrogens (primary N) is 1. The Kier molecular flexibility index (Phi) is 4.05. The summed E-state index contributed by atoms with van der Waals surface area (Å²) < 4.78 is 0. The first-order chi connectivity index (χ1) is 8.38. The molecule has 4 nitrogen and oxygen atoms in total. The summed E-state index contributed by atoms with van der Waals surface area (Å²) in [5.41, 5.74) is 7.02. The lowest BCUT2D eigenvalue weighted by atomic mass is 10.1. The first-order valence-electron chi connectivity index (χ1n) is 5.66.